The van der Waals surface area contributed by atoms with Gasteiger partial charge < -0.3 is 9.84 Å². The monoisotopic (exact) mass is 472 g/mol. The maximum Gasteiger partial charge on any atom is 0.144 e. The zero-order valence-corrected chi connectivity index (χ0v) is 20.4. The molecule has 0 saturated carbocycles. The second-order valence-electron chi connectivity index (χ2n) is 8.98. The Kier molecular flexibility index (Phi) is 6.61. The number of fused-ring (bicyclic) bond motifs is 1. The molecule has 0 radical (unpaired) electrons. The third-order valence-corrected chi connectivity index (χ3v) is 6.19. The van der Waals surface area contributed by atoms with Crippen LogP contribution >= 0.6 is 0 Å². The molecule has 0 bridgehead atoms. The zero-order chi connectivity index (χ0) is 25.0. The maximum absolute atomic E-state index is 10.4. The predicted molar refractivity (Wildman–Crippen MR) is 145 cm³/mol. The topological polar surface area (TPSA) is 54.2 Å². The van der Waals surface area contributed by atoms with E-state index in [0.29, 0.717) is 11.4 Å². The first-order valence-electron chi connectivity index (χ1n) is 12.1. The number of phenols is 1. The summed E-state index contributed by atoms with van der Waals surface area (Å²) in [5.74, 6) is 0.103. The Morgan fingerprint density at radius 1 is 0.611 bits per heavy atom. The van der Waals surface area contributed by atoms with Crippen molar-refractivity contribution in [1.29, 1.82) is 0 Å². The summed E-state index contributed by atoms with van der Waals surface area (Å²) >= 11 is 0. The third kappa shape index (κ3) is 4.51. The molecule has 0 aliphatic rings. The van der Waals surface area contributed by atoms with Gasteiger partial charge in [0.25, 0.3) is 0 Å². The molecule has 0 unspecified atom stereocenters. The highest BCUT2D eigenvalue weighted by atomic mass is 16.5. The molecule has 0 fully saturated rings. The van der Waals surface area contributed by atoms with E-state index < -0.39 is 5.60 Å². The van der Waals surface area contributed by atoms with Gasteiger partial charge in [-0.1, -0.05) is 103 Å². The van der Waals surface area contributed by atoms with Gasteiger partial charge in [0.05, 0.1) is 11.8 Å². The number of hydrogen-bond donors (Lipinski definition) is 1. The molecule has 5 rings (SSSR count). The summed E-state index contributed by atoms with van der Waals surface area (Å²) in [5, 5.41) is 21.1. The van der Waals surface area contributed by atoms with E-state index in [1.54, 1.807) is 6.07 Å². The van der Waals surface area contributed by atoms with Crippen LogP contribution in [-0.4, -0.2) is 11.2 Å². The van der Waals surface area contributed by atoms with Gasteiger partial charge in [-0.2, -0.15) is 5.11 Å². The molecule has 5 aromatic rings. The van der Waals surface area contributed by atoms with Crippen LogP contribution in [0.5, 0.6) is 5.75 Å². The number of azo groups is 1. The molecule has 0 aliphatic heterocycles. The highest BCUT2D eigenvalue weighted by Gasteiger charge is 2.38. The van der Waals surface area contributed by atoms with E-state index >= 15 is 0 Å². The van der Waals surface area contributed by atoms with Gasteiger partial charge in [0, 0.05) is 5.39 Å². The largest absolute Gasteiger partial charge is 0.506 e. The lowest BCUT2D eigenvalue weighted by Gasteiger charge is -2.37. The number of aromatic hydroxyl groups is 1. The highest BCUT2D eigenvalue weighted by Crippen LogP contribution is 2.42. The van der Waals surface area contributed by atoms with E-state index in [2.05, 4.69) is 48.3 Å². The zero-order valence-electron chi connectivity index (χ0n) is 20.4. The minimum atomic E-state index is -0.778. The fourth-order valence-electron chi connectivity index (χ4n) is 4.62. The van der Waals surface area contributed by atoms with Gasteiger partial charge in [-0.05, 0) is 54.1 Å². The molecule has 0 heterocycles. The third-order valence-electron chi connectivity index (χ3n) is 6.19. The Labute approximate surface area is 211 Å². The molecule has 0 atom stereocenters. The molecule has 178 valence electrons. The second kappa shape index (κ2) is 10.1. The summed E-state index contributed by atoms with van der Waals surface area (Å²) in [4.78, 5) is 0. The van der Waals surface area contributed by atoms with E-state index in [0.717, 1.165) is 27.5 Å². The molecular formula is C32H28N2O2. The van der Waals surface area contributed by atoms with Crippen molar-refractivity contribution in [3.8, 4) is 5.75 Å². The van der Waals surface area contributed by atoms with Crippen molar-refractivity contribution in [2.45, 2.75) is 25.6 Å². The molecule has 0 amide bonds. The normalized spacial score (nSPS) is 12.0. The lowest BCUT2D eigenvalue weighted by atomic mass is 9.80. The van der Waals surface area contributed by atoms with Gasteiger partial charge in [0.15, 0.2) is 0 Å². The van der Waals surface area contributed by atoms with E-state index in [1.165, 1.54) is 0 Å². The van der Waals surface area contributed by atoms with E-state index in [4.69, 9.17) is 4.74 Å². The number of rotatable bonds is 7. The van der Waals surface area contributed by atoms with E-state index in [-0.39, 0.29) is 11.9 Å². The van der Waals surface area contributed by atoms with Gasteiger partial charge in [-0.25, -0.2) is 0 Å². The first kappa shape index (κ1) is 23.5. The van der Waals surface area contributed by atoms with Crippen LogP contribution in [0, 0.1) is 0 Å². The van der Waals surface area contributed by atoms with Crippen LogP contribution in [-0.2, 0) is 10.3 Å². The minimum absolute atomic E-state index is 0.0147. The van der Waals surface area contributed by atoms with Gasteiger partial charge in [0.2, 0.25) is 0 Å². The van der Waals surface area contributed by atoms with Crippen LogP contribution < -0.4 is 0 Å². The number of phenolic OH excluding ortho intramolecular Hbond substituents is 1. The van der Waals surface area contributed by atoms with Gasteiger partial charge in [-0.3, -0.25) is 0 Å². The van der Waals surface area contributed by atoms with Crippen LogP contribution in [0.3, 0.4) is 0 Å². The summed E-state index contributed by atoms with van der Waals surface area (Å²) in [6, 6.07) is 39.9. The predicted octanol–water partition coefficient (Wildman–Crippen LogP) is 8.68. The number of benzene rings is 5. The lowest BCUT2D eigenvalue weighted by molar-refractivity contribution is -0.0293. The molecule has 0 aromatic heterocycles. The molecule has 1 N–H and O–H groups in total. The van der Waals surface area contributed by atoms with Crippen molar-refractivity contribution < 1.29 is 9.84 Å². The minimum Gasteiger partial charge on any atom is -0.506 e. The van der Waals surface area contributed by atoms with Gasteiger partial charge in [0.1, 0.15) is 17.0 Å². The average Bonchev–Trinajstić information content (AvgIpc) is 2.92. The summed E-state index contributed by atoms with van der Waals surface area (Å²) in [6.45, 7) is 4.11. The highest BCUT2D eigenvalue weighted by molar-refractivity contribution is 5.95. The van der Waals surface area contributed by atoms with E-state index in [1.807, 2.05) is 91.0 Å². The summed E-state index contributed by atoms with van der Waals surface area (Å²) < 4.78 is 6.74. The summed E-state index contributed by atoms with van der Waals surface area (Å²) in [5.41, 5.74) is 3.48. The molecule has 0 saturated heterocycles. The molecule has 36 heavy (non-hydrogen) atoms. The number of nitrogens with zero attached hydrogens (tertiary/aromatic N) is 2. The number of ether oxygens (including phenoxy) is 1. The quantitative estimate of drug-likeness (QED) is 0.190. The Morgan fingerprint density at radius 2 is 1.17 bits per heavy atom. The van der Waals surface area contributed by atoms with Crippen molar-refractivity contribution in [2.24, 2.45) is 10.2 Å². The van der Waals surface area contributed by atoms with Crippen LogP contribution in [0.15, 0.2) is 132 Å². The molecular weight excluding hydrogens is 444 g/mol. The van der Waals surface area contributed by atoms with Gasteiger partial charge in [-0.15, -0.1) is 5.11 Å². The van der Waals surface area contributed by atoms with Crippen molar-refractivity contribution in [1.82, 2.24) is 0 Å². The molecule has 0 aliphatic carbocycles. The van der Waals surface area contributed by atoms with Crippen molar-refractivity contribution in [2.75, 3.05) is 0 Å². The summed E-state index contributed by atoms with van der Waals surface area (Å²) in [7, 11) is 0. The van der Waals surface area contributed by atoms with Crippen LogP contribution in [0.25, 0.3) is 10.8 Å². The molecule has 4 heteroatoms. The Hall–Kier alpha value is -4.28. The Morgan fingerprint density at radius 3 is 1.78 bits per heavy atom. The Bertz CT molecular complexity index is 1440. The standard InChI is InChI=1S/C32H28N2O2/c1-23(2)36-32(25-12-5-3-6-13-25,26-14-7-4-8-15-26)27-18-20-28(21-19-27)33-34-31-29-16-10-9-11-24(29)17-22-30(31)35/h3-23,35H,1-2H3/b34-33+. The summed E-state index contributed by atoms with van der Waals surface area (Å²) in [6.07, 6.45) is -0.0147. The first-order valence-corrected chi connectivity index (χ1v) is 12.1. The van der Waals surface area contributed by atoms with Crippen molar-refractivity contribution >= 4 is 22.1 Å². The first-order chi connectivity index (χ1) is 17.6. The average molecular weight is 473 g/mol. The van der Waals surface area contributed by atoms with Crippen molar-refractivity contribution in [3.05, 3.63) is 138 Å². The SMILES string of the molecule is CC(C)OC(c1ccccc1)(c1ccccc1)c1ccc(/N=N/c2c(O)ccc3ccccc23)cc1. The second-order valence-corrected chi connectivity index (χ2v) is 8.98. The van der Waals surface area contributed by atoms with Crippen LogP contribution in [0.1, 0.15) is 30.5 Å². The fourth-order valence-corrected chi connectivity index (χ4v) is 4.62. The number of hydrogen-bond acceptors (Lipinski definition) is 4. The molecule has 5 aromatic carbocycles. The Balaban J connectivity index is 1.58. The van der Waals surface area contributed by atoms with Gasteiger partial charge >= 0.3 is 0 Å². The fraction of sp³-hybridized carbons (Fsp3) is 0.125. The lowest BCUT2D eigenvalue weighted by Crippen LogP contribution is -2.35. The van der Waals surface area contributed by atoms with Crippen molar-refractivity contribution in [3.63, 3.8) is 0 Å². The van der Waals surface area contributed by atoms with E-state index in [9.17, 15) is 5.11 Å². The molecule has 4 nitrogen and oxygen atoms in total. The van der Waals surface area contributed by atoms with Crippen LogP contribution in [0.2, 0.25) is 0 Å². The smallest absolute Gasteiger partial charge is 0.144 e. The molecule has 0 spiro atoms. The maximum atomic E-state index is 10.4. The van der Waals surface area contributed by atoms with Crippen LogP contribution in [0.4, 0.5) is 11.4 Å².